The molecular formula is C16H20F3NO. The van der Waals surface area contributed by atoms with Gasteiger partial charge >= 0.3 is 6.18 Å². The molecule has 21 heavy (non-hydrogen) atoms. The van der Waals surface area contributed by atoms with E-state index in [1.165, 1.54) is 0 Å². The quantitative estimate of drug-likeness (QED) is 0.896. The van der Waals surface area contributed by atoms with Crippen LogP contribution in [0.2, 0.25) is 0 Å². The van der Waals surface area contributed by atoms with Crippen LogP contribution in [0.5, 0.6) is 5.75 Å². The third-order valence-corrected chi connectivity index (χ3v) is 4.85. The van der Waals surface area contributed by atoms with E-state index in [9.17, 15) is 13.2 Å². The fourth-order valence-corrected chi connectivity index (χ4v) is 3.56. The highest BCUT2D eigenvalue weighted by molar-refractivity contribution is 5.45. The number of hydrogen-bond donors (Lipinski definition) is 1. The van der Waals surface area contributed by atoms with Crippen molar-refractivity contribution in [3.05, 3.63) is 29.3 Å². The highest BCUT2D eigenvalue weighted by atomic mass is 19.4. The molecule has 1 unspecified atom stereocenters. The summed E-state index contributed by atoms with van der Waals surface area (Å²) in [4.78, 5) is 0. The molecule has 116 valence electrons. The summed E-state index contributed by atoms with van der Waals surface area (Å²) in [7, 11) is 0. The van der Waals surface area contributed by atoms with E-state index < -0.39 is 12.1 Å². The topological polar surface area (TPSA) is 35.2 Å². The number of ether oxygens (including phenoxy) is 1. The third-order valence-electron chi connectivity index (χ3n) is 4.85. The van der Waals surface area contributed by atoms with Gasteiger partial charge in [-0.2, -0.15) is 13.2 Å². The summed E-state index contributed by atoms with van der Waals surface area (Å²) in [6.07, 6.45) is -1.72. The number of alkyl halides is 3. The zero-order chi connectivity index (χ0) is 15.0. The van der Waals surface area contributed by atoms with Gasteiger partial charge in [0.05, 0.1) is 12.5 Å². The van der Waals surface area contributed by atoms with Gasteiger partial charge in [-0.05, 0) is 37.2 Å². The van der Waals surface area contributed by atoms with E-state index in [2.05, 4.69) is 0 Å². The Morgan fingerprint density at radius 3 is 2.52 bits per heavy atom. The van der Waals surface area contributed by atoms with Gasteiger partial charge in [-0.3, -0.25) is 0 Å². The van der Waals surface area contributed by atoms with Crippen LogP contribution in [0.3, 0.4) is 0 Å². The van der Waals surface area contributed by atoms with E-state index in [-0.39, 0.29) is 24.8 Å². The fourth-order valence-electron chi connectivity index (χ4n) is 3.56. The molecule has 1 aromatic carbocycles. The number of benzene rings is 1. The first-order valence-electron chi connectivity index (χ1n) is 7.53. The highest BCUT2D eigenvalue weighted by Crippen LogP contribution is 2.44. The SMILES string of the molecule is NC(c1cccc2c1OCC2)C1CCC(C(F)(F)F)CC1. The molecule has 3 rings (SSSR count). The van der Waals surface area contributed by atoms with Crippen molar-refractivity contribution in [1.82, 2.24) is 0 Å². The van der Waals surface area contributed by atoms with Crippen molar-refractivity contribution >= 4 is 0 Å². The number of para-hydroxylation sites is 1. The maximum atomic E-state index is 12.7. The van der Waals surface area contributed by atoms with Gasteiger partial charge in [-0.1, -0.05) is 18.2 Å². The number of hydrogen-bond acceptors (Lipinski definition) is 2. The predicted molar refractivity (Wildman–Crippen MR) is 74.1 cm³/mol. The number of rotatable bonds is 2. The Hall–Kier alpha value is -1.23. The molecule has 5 heteroatoms. The Balaban J connectivity index is 1.70. The van der Waals surface area contributed by atoms with Crippen molar-refractivity contribution in [2.24, 2.45) is 17.6 Å². The lowest BCUT2D eigenvalue weighted by Crippen LogP contribution is -2.32. The van der Waals surface area contributed by atoms with E-state index in [1.807, 2.05) is 18.2 Å². The van der Waals surface area contributed by atoms with Crippen molar-refractivity contribution in [1.29, 1.82) is 0 Å². The number of fused-ring (bicyclic) bond motifs is 1. The van der Waals surface area contributed by atoms with Crippen molar-refractivity contribution in [3.63, 3.8) is 0 Å². The first-order valence-corrected chi connectivity index (χ1v) is 7.53. The van der Waals surface area contributed by atoms with Crippen LogP contribution < -0.4 is 10.5 Å². The Morgan fingerprint density at radius 1 is 1.14 bits per heavy atom. The maximum Gasteiger partial charge on any atom is 0.391 e. The Labute approximate surface area is 122 Å². The standard InChI is InChI=1S/C16H20F3NO/c17-16(18,19)12-6-4-10(5-7-12)14(20)13-3-1-2-11-8-9-21-15(11)13/h1-3,10,12,14H,4-9,20H2. The molecule has 2 N–H and O–H groups in total. The molecule has 0 spiro atoms. The van der Waals surface area contributed by atoms with Crippen LogP contribution in [0.25, 0.3) is 0 Å². The van der Waals surface area contributed by atoms with Crippen LogP contribution in [-0.4, -0.2) is 12.8 Å². The molecular weight excluding hydrogens is 279 g/mol. The lowest BCUT2D eigenvalue weighted by molar-refractivity contribution is -0.184. The van der Waals surface area contributed by atoms with E-state index in [4.69, 9.17) is 10.5 Å². The smallest absolute Gasteiger partial charge is 0.391 e. The van der Waals surface area contributed by atoms with Gasteiger partial charge in [-0.15, -0.1) is 0 Å². The monoisotopic (exact) mass is 299 g/mol. The molecule has 0 aromatic heterocycles. The summed E-state index contributed by atoms with van der Waals surface area (Å²) in [6.45, 7) is 0.667. The molecule has 0 amide bonds. The first-order chi connectivity index (χ1) is 9.97. The summed E-state index contributed by atoms with van der Waals surface area (Å²) in [5.74, 6) is -0.180. The summed E-state index contributed by atoms with van der Waals surface area (Å²) in [6, 6.07) is 5.71. The normalized spacial score (nSPS) is 27.0. The van der Waals surface area contributed by atoms with Gasteiger partial charge in [0, 0.05) is 18.0 Å². The van der Waals surface area contributed by atoms with E-state index in [0.717, 1.165) is 23.3 Å². The van der Waals surface area contributed by atoms with Gasteiger partial charge in [0.25, 0.3) is 0 Å². The summed E-state index contributed by atoms with van der Waals surface area (Å²) in [5.41, 5.74) is 8.45. The first kappa shape index (κ1) is 14.7. The van der Waals surface area contributed by atoms with Crippen LogP contribution in [0, 0.1) is 11.8 Å². The lowest BCUT2D eigenvalue weighted by atomic mass is 9.76. The Bertz CT molecular complexity index is 507. The lowest BCUT2D eigenvalue weighted by Gasteiger charge is -2.33. The number of nitrogens with two attached hydrogens (primary N) is 1. The maximum absolute atomic E-state index is 12.7. The van der Waals surface area contributed by atoms with Crippen LogP contribution in [-0.2, 0) is 6.42 Å². The van der Waals surface area contributed by atoms with Gasteiger partial charge < -0.3 is 10.5 Å². The molecule has 2 aliphatic rings. The van der Waals surface area contributed by atoms with Crippen molar-refractivity contribution in [3.8, 4) is 5.75 Å². The second kappa shape index (κ2) is 5.52. The largest absolute Gasteiger partial charge is 0.493 e. The van der Waals surface area contributed by atoms with Crippen LogP contribution >= 0.6 is 0 Å². The third kappa shape index (κ3) is 2.89. The molecule has 2 nitrogen and oxygen atoms in total. The number of halogens is 3. The van der Waals surface area contributed by atoms with Gasteiger partial charge in [0.2, 0.25) is 0 Å². The van der Waals surface area contributed by atoms with Crippen molar-refractivity contribution in [2.75, 3.05) is 6.61 Å². The molecule has 1 atom stereocenters. The molecule has 1 aliphatic carbocycles. The van der Waals surface area contributed by atoms with Gasteiger partial charge in [-0.25, -0.2) is 0 Å². The zero-order valence-electron chi connectivity index (χ0n) is 11.8. The molecule has 1 fully saturated rings. The average Bonchev–Trinajstić information content (AvgIpc) is 2.94. The molecule has 1 aromatic rings. The van der Waals surface area contributed by atoms with Crippen LogP contribution in [0.1, 0.15) is 42.9 Å². The highest BCUT2D eigenvalue weighted by Gasteiger charge is 2.42. The van der Waals surface area contributed by atoms with Crippen LogP contribution in [0.4, 0.5) is 13.2 Å². The second-order valence-electron chi connectivity index (χ2n) is 6.11. The summed E-state index contributed by atoms with van der Waals surface area (Å²) < 4.78 is 43.8. The fraction of sp³-hybridized carbons (Fsp3) is 0.625. The minimum Gasteiger partial charge on any atom is -0.493 e. The zero-order valence-corrected chi connectivity index (χ0v) is 11.8. The Kier molecular flexibility index (Phi) is 3.86. The molecule has 1 saturated carbocycles. The second-order valence-corrected chi connectivity index (χ2v) is 6.11. The van der Waals surface area contributed by atoms with Crippen molar-refractivity contribution < 1.29 is 17.9 Å². The van der Waals surface area contributed by atoms with Gasteiger partial charge in [0.1, 0.15) is 5.75 Å². The predicted octanol–water partition coefficient (Wildman–Crippen LogP) is 3.99. The molecule has 0 radical (unpaired) electrons. The van der Waals surface area contributed by atoms with E-state index in [1.54, 1.807) is 0 Å². The molecule has 0 saturated heterocycles. The molecule has 1 heterocycles. The van der Waals surface area contributed by atoms with E-state index in [0.29, 0.717) is 19.4 Å². The Morgan fingerprint density at radius 2 is 1.86 bits per heavy atom. The van der Waals surface area contributed by atoms with Crippen LogP contribution in [0.15, 0.2) is 18.2 Å². The summed E-state index contributed by atoms with van der Waals surface area (Å²) >= 11 is 0. The minimum absolute atomic E-state index is 0.110. The van der Waals surface area contributed by atoms with Crippen molar-refractivity contribution in [2.45, 2.75) is 44.3 Å². The molecule has 1 aliphatic heterocycles. The van der Waals surface area contributed by atoms with E-state index >= 15 is 0 Å². The minimum atomic E-state index is -4.06. The summed E-state index contributed by atoms with van der Waals surface area (Å²) in [5, 5.41) is 0. The van der Waals surface area contributed by atoms with Gasteiger partial charge in [0.15, 0.2) is 0 Å². The average molecular weight is 299 g/mol. The molecule has 0 bridgehead atoms.